The summed E-state index contributed by atoms with van der Waals surface area (Å²) in [5.41, 5.74) is 10.2. The van der Waals surface area contributed by atoms with Gasteiger partial charge in [-0.05, 0) is 80.2 Å². The predicted octanol–water partition coefficient (Wildman–Crippen LogP) is 13.2. The highest BCUT2D eigenvalue weighted by Crippen LogP contribution is 2.50. The van der Waals surface area contributed by atoms with Crippen LogP contribution in [0.15, 0.2) is 193 Å². The van der Waals surface area contributed by atoms with Crippen LogP contribution in [-0.2, 0) is 0 Å². The Kier molecular flexibility index (Phi) is 7.29. The third kappa shape index (κ3) is 5.21. The molecule has 1 aliphatic carbocycles. The lowest BCUT2D eigenvalue weighted by Gasteiger charge is -2.24. The van der Waals surface area contributed by atoms with Crippen molar-refractivity contribution in [1.29, 1.82) is 0 Å². The molecule has 2 aliphatic rings. The molecular formula is C53H33N3O2. The van der Waals surface area contributed by atoms with E-state index in [1.165, 1.54) is 33.0 Å². The van der Waals surface area contributed by atoms with Crippen molar-refractivity contribution in [3.63, 3.8) is 0 Å². The van der Waals surface area contributed by atoms with E-state index in [9.17, 15) is 0 Å². The highest BCUT2D eigenvalue weighted by molar-refractivity contribution is 6.09. The van der Waals surface area contributed by atoms with Crippen molar-refractivity contribution in [2.45, 2.75) is 12.0 Å². The van der Waals surface area contributed by atoms with Gasteiger partial charge in [-0.15, -0.1) is 0 Å². The number of hydrogen-bond acceptors (Lipinski definition) is 5. The first kappa shape index (κ1) is 32.6. The molecule has 58 heavy (non-hydrogen) atoms. The summed E-state index contributed by atoms with van der Waals surface area (Å²) in [6.07, 6.45) is 6.47. The van der Waals surface area contributed by atoms with Gasteiger partial charge in [-0.2, -0.15) is 0 Å². The minimum Gasteiger partial charge on any atom is -0.485 e. The van der Waals surface area contributed by atoms with Crippen LogP contribution < -0.4 is 4.74 Å². The second kappa shape index (κ2) is 13.0. The van der Waals surface area contributed by atoms with E-state index >= 15 is 0 Å². The normalized spacial score (nSPS) is 15.8. The maximum absolute atomic E-state index is 6.72. The maximum atomic E-state index is 6.72. The van der Waals surface area contributed by atoms with Crippen LogP contribution in [0.25, 0.3) is 94.3 Å². The van der Waals surface area contributed by atoms with Crippen molar-refractivity contribution in [3.8, 4) is 51.0 Å². The van der Waals surface area contributed by atoms with Gasteiger partial charge < -0.3 is 9.15 Å². The monoisotopic (exact) mass is 743 g/mol. The molecule has 10 aromatic rings. The topological polar surface area (TPSA) is 61.0 Å². The summed E-state index contributed by atoms with van der Waals surface area (Å²) >= 11 is 0. The van der Waals surface area contributed by atoms with E-state index in [4.69, 9.17) is 24.1 Å². The molecule has 0 fully saturated rings. The lowest BCUT2D eigenvalue weighted by atomic mass is 9.79. The molecule has 2 atom stereocenters. The summed E-state index contributed by atoms with van der Waals surface area (Å²) in [6, 6.07) is 59.2. The molecule has 2 unspecified atom stereocenters. The van der Waals surface area contributed by atoms with Crippen LogP contribution in [0.3, 0.4) is 0 Å². The Balaban J connectivity index is 0.978. The maximum Gasteiger partial charge on any atom is 0.167 e. The molecule has 0 bridgehead atoms. The average molecular weight is 744 g/mol. The number of ether oxygens (including phenoxy) is 1. The zero-order valence-corrected chi connectivity index (χ0v) is 31.2. The lowest BCUT2D eigenvalue weighted by Crippen LogP contribution is -2.19. The Morgan fingerprint density at radius 2 is 1.12 bits per heavy atom. The van der Waals surface area contributed by atoms with Crippen molar-refractivity contribution in [2.24, 2.45) is 0 Å². The van der Waals surface area contributed by atoms with E-state index in [-0.39, 0.29) is 12.0 Å². The average Bonchev–Trinajstić information content (AvgIpc) is 3.87. The summed E-state index contributed by atoms with van der Waals surface area (Å²) in [5, 5.41) is 6.75. The zero-order valence-electron chi connectivity index (χ0n) is 31.2. The molecule has 12 rings (SSSR count). The van der Waals surface area contributed by atoms with Crippen LogP contribution in [0, 0.1) is 0 Å². The summed E-state index contributed by atoms with van der Waals surface area (Å²) in [6.45, 7) is 0. The second-order valence-corrected chi connectivity index (χ2v) is 15.0. The van der Waals surface area contributed by atoms with Crippen molar-refractivity contribution in [3.05, 3.63) is 199 Å². The van der Waals surface area contributed by atoms with E-state index in [1.54, 1.807) is 0 Å². The largest absolute Gasteiger partial charge is 0.485 e. The fraction of sp³-hybridized carbons (Fsp3) is 0.0377. The van der Waals surface area contributed by atoms with Crippen LogP contribution in [0.5, 0.6) is 5.75 Å². The van der Waals surface area contributed by atoms with Gasteiger partial charge in [0.25, 0.3) is 0 Å². The second-order valence-electron chi connectivity index (χ2n) is 15.0. The first-order valence-corrected chi connectivity index (χ1v) is 19.7. The van der Waals surface area contributed by atoms with E-state index in [2.05, 4.69) is 127 Å². The van der Waals surface area contributed by atoms with Gasteiger partial charge in [0.2, 0.25) is 0 Å². The lowest BCUT2D eigenvalue weighted by molar-refractivity contribution is 0.272. The molecule has 0 spiro atoms. The summed E-state index contributed by atoms with van der Waals surface area (Å²) in [4.78, 5) is 15.4. The minimum atomic E-state index is -0.0965. The van der Waals surface area contributed by atoms with Gasteiger partial charge in [0.1, 0.15) is 23.0 Å². The number of para-hydroxylation sites is 2. The molecule has 8 aromatic carbocycles. The first-order valence-electron chi connectivity index (χ1n) is 19.7. The molecule has 0 amide bonds. The van der Waals surface area contributed by atoms with E-state index < -0.39 is 0 Å². The molecule has 3 heterocycles. The first-order chi connectivity index (χ1) is 28.7. The Hall–Kier alpha value is -7.63. The van der Waals surface area contributed by atoms with Gasteiger partial charge in [0, 0.05) is 27.5 Å². The fourth-order valence-electron chi connectivity index (χ4n) is 8.96. The van der Waals surface area contributed by atoms with Gasteiger partial charge in [0.05, 0.1) is 11.5 Å². The van der Waals surface area contributed by atoms with Crippen molar-refractivity contribution in [2.75, 3.05) is 0 Å². The number of fused-ring (bicyclic) bond motifs is 8. The van der Waals surface area contributed by atoms with Crippen molar-refractivity contribution < 1.29 is 9.15 Å². The SMILES string of the molecule is C1=CC2Oc3cc(-c4ccc5ccccc5c4)ccc3C2C(c2ccc(-c3nc(-c4ccccc4)nc(-c4cccc5c4oc4ccccc45)n3)c3ccccc23)=C1. The molecular weight excluding hydrogens is 711 g/mol. The summed E-state index contributed by atoms with van der Waals surface area (Å²) in [7, 11) is 0. The van der Waals surface area contributed by atoms with E-state index in [0.29, 0.717) is 17.5 Å². The number of rotatable bonds is 5. The molecule has 5 heteroatoms. The third-order valence-electron chi connectivity index (χ3n) is 11.7. The van der Waals surface area contributed by atoms with Crippen LogP contribution >= 0.6 is 0 Å². The summed E-state index contributed by atoms with van der Waals surface area (Å²) < 4.78 is 13.2. The van der Waals surface area contributed by atoms with Gasteiger partial charge in [-0.3, -0.25) is 0 Å². The summed E-state index contributed by atoms with van der Waals surface area (Å²) in [5.74, 6) is 2.76. The predicted molar refractivity (Wildman–Crippen MR) is 235 cm³/mol. The van der Waals surface area contributed by atoms with Crippen molar-refractivity contribution >= 4 is 49.1 Å². The Morgan fingerprint density at radius 3 is 2.00 bits per heavy atom. The number of hydrogen-bond donors (Lipinski definition) is 0. The van der Waals surface area contributed by atoms with E-state index in [1.807, 2.05) is 60.7 Å². The van der Waals surface area contributed by atoms with Crippen LogP contribution in [-0.4, -0.2) is 21.1 Å². The molecule has 5 nitrogen and oxygen atoms in total. The van der Waals surface area contributed by atoms with Crippen molar-refractivity contribution in [1.82, 2.24) is 15.0 Å². The molecule has 1 aliphatic heterocycles. The third-order valence-corrected chi connectivity index (χ3v) is 11.7. The van der Waals surface area contributed by atoms with Crippen LogP contribution in [0.2, 0.25) is 0 Å². The van der Waals surface area contributed by atoms with E-state index in [0.717, 1.165) is 60.7 Å². The highest BCUT2D eigenvalue weighted by Gasteiger charge is 2.38. The Labute approximate surface area is 334 Å². The van der Waals surface area contributed by atoms with Gasteiger partial charge >= 0.3 is 0 Å². The zero-order chi connectivity index (χ0) is 38.2. The number of furan rings is 1. The number of nitrogens with zero attached hydrogens (tertiary/aromatic N) is 3. The Bertz CT molecular complexity index is 3340. The molecule has 272 valence electrons. The molecule has 0 N–H and O–H groups in total. The van der Waals surface area contributed by atoms with Gasteiger partial charge in [0.15, 0.2) is 17.5 Å². The standard InChI is InChI=1S/C53H33N3O2/c1-2-13-33(14-3-1)51-54-52(56-53(55-51)45-21-10-20-42-40-18-8-9-22-46(40)58-50(42)45)43-29-28-39(37-16-6-7-17-38(37)43)41-19-11-23-47-49(41)44-27-26-36(31-48(44)57-47)35-25-24-32-12-4-5-15-34(32)30-35/h1-31,47,49H. The number of aromatic nitrogens is 3. The minimum absolute atomic E-state index is 0.0534. The number of allylic oxidation sites excluding steroid dienone is 2. The fourth-order valence-corrected chi connectivity index (χ4v) is 8.96. The van der Waals surface area contributed by atoms with Crippen LogP contribution in [0.1, 0.15) is 17.0 Å². The van der Waals surface area contributed by atoms with Gasteiger partial charge in [-0.1, -0.05) is 152 Å². The smallest absolute Gasteiger partial charge is 0.167 e. The van der Waals surface area contributed by atoms with Gasteiger partial charge in [-0.25, -0.2) is 15.0 Å². The molecule has 0 saturated heterocycles. The molecule has 2 aromatic heterocycles. The molecule has 0 saturated carbocycles. The quantitative estimate of drug-likeness (QED) is 0.176. The van der Waals surface area contributed by atoms with Crippen LogP contribution in [0.4, 0.5) is 0 Å². The highest BCUT2D eigenvalue weighted by atomic mass is 16.5. The number of benzene rings is 8. The Morgan fingerprint density at radius 1 is 0.448 bits per heavy atom. The molecule has 0 radical (unpaired) electrons.